The smallest absolute Gasteiger partial charge is 0.259 e. The first-order chi connectivity index (χ1) is 10.0. The van der Waals surface area contributed by atoms with Crippen molar-refractivity contribution < 1.29 is 18.3 Å². The summed E-state index contributed by atoms with van der Waals surface area (Å²) in [4.78, 5) is 13.7. The number of carbonyl (C=O) groups is 1. The highest BCUT2D eigenvalue weighted by Gasteiger charge is 2.28. The Bertz CT molecular complexity index is 497. The third-order valence-electron chi connectivity index (χ3n) is 3.38. The van der Waals surface area contributed by atoms with Crippen LogP contribution in [0.3, 0.4) is 0 Å². The fourth-order valence-electron chi connectivity index (χ4n) is 2.34. The Balaban J connectivity index is 2.02. The van der Waals surface area contributed by atoms with Crippen LogP contribution in [0.2, 0.25) is 0 Å². The van der Waals surface area contributed by atoms with Crippen molar-refractivity contribution in [3.63, 3.8) is 0 Å². The van der Waals surface area contributed by atoms with Gasteiger partial charge in [0.25, 0.3) is 5.91 Å². The number of ether oxygens (including phenoxy) is 1. The zero-order chi connectivity index (χ0) is 15.4. The van der Waals surface area contributed by atoms with Gasteiger partial charge in [-0.3, -0.25) is 4.79 Å². The van der Waals surface area contributed by atoms with Gasteiger partial charge in [0.2, 0.25) is 0 Å². The van der Waals surface area contributed by atoms with Crippen molar-refractivity contribution in [3.05, 3.63) is 33.8 Å². The van der Waals surface area contributed by atoms with Crippen LogP contribution in [0.25, 0.3) is 0 Å². The second-order valence-electron chi connectivity index (χ2n) is 4.80. The molecule has 0 N–H and O–H groups in total. The number of piperidine rings is 1. The number of nitrogens with zero attached hydrogens (tertiary/aromatic N) is 1. The van der Waals surface area contributed by atoms with E-state index in [2.05, 4.69) is 31.9 Å². The summed E-state index contributed by atoms with van der Waals surface area (Å²) in [6, 6.07) is 2.20. The predicted molar refractivity (Wildman–Crippen MR) is 82.7 cm³/mol. The van der Waals surface area contributed by atoms with E-state index in [1.807, 2.05) is 0 Å². The summed E-state index contributed by atoms with van der Waals surface area (Å²) in [5.41, 5.74) is -0.488. The molecule has 1 aromatic carbocycles. The third-order valence-corrected chi connectivity index (χ3v) is 4.16. The molecule has 0 unspecified atom stereocenters. The van der Waals surface area contributed by atoms with Gasteiger partial charge in [-0.15, -0.1) is 0 Å². The largest absolute Gasteiger partial charge is 0.377 e. The van der Waals surface area contributed by atoms with E-state index in [1.54, 1.807) is 0 Å². The van der Waals surface area contributed by atoms with Crippen molar-refractivity contribution in [2.24, 2.45) is 0 Å². The Morgan fingerprint density at radius 1 is 1.29 bits per heavy atom. The summed E-state index contributed by atoms with van der Waals surface area (Å²) < 4.78 is 33.5. The predicted octanol–water partition coefficient (Wildman–Crippen LogP) is 3.74. The summed E-state index contributed by atoms with van der Waals surface area (Å²) in [6.07, 6.45) is 1.46. The molecule has 0 radical (unpaired) electrons. The molecule has 7 heteroatoms. The van der Waals surface area contributed by atoms with E-state index in [0.717, 1.165) is 17.5 Å². The van der Waals surface area contributed by atoms with Crippen molar-refractivity contribution in [2.75, 3.05) is 25.0 Å². The minimum atomic E-state index is -0.843. The molecule has 1 aliphatic heterocycles. The molecule has 116 valence electrons. The van der Waals surface area contributed by atoms with Crippen LogP contribution < -0.4 is 0 Å². The fraction of sp³-hybridized carbons (Fsp3) is 0.500. The van der Waals surface area contributed by atoms with Crippen LogP contribution in [0, 0.1) is 11.6 Å². The lowest BCUT2D eigenvalue weighted by Gasteiger charge is -2.32. The number of carbonyl (C=O) groups excluding carboxylic acids is 1. The highest BCUT2D eigenvalue weighted by Crippen LogP contribution is 2.23. The van der Waals surface area contributed by atoms with E-state index in [1.165, 1.54) is 4.90 Å². The summed E-state index contributed by atoms with van der Waals surface area (Å²) in [6.45, 7) is 1.51. The van der Waals surface area contributed by atoms with Crippen molar-refractivity contribution in [3.8, 4) is 0 Å². The van der Waals surface area contributed by atoms with Gasteiger partial charge in [-0.2, -0.15) is 0 Å². The van der Waals surface area contributed by atoms with Gasteiger partial charge in [0, 0.05) is 22.9 Å². The Kier molecular flexibility index (Phi) is 6.13. The van der Waals surface area contributed by atoms with Crippen molar-refractivity contribution in [2.45, 2.75) is 18.9 Å². The van der Waals surface area contributed by atoms with E-state index in [9.17, 15) is 13.6 Å². The van der Waals surface area contributed by atoms with E-state index in [4.69, 9.17) is 4.74 Å². The minimum absolute atomic E-state index is 0.103. The normalized spacial score (nSPS) is 16.3. The van der Waals surface area contributed by atoms with Crippen LogP contribution in [0.15, 0.2) is 16.6 Å². The van der Waals surface area contributed by atoms with Gasteiger partial charge in [0.15, 0.2) is 0 Å². The van der Waals surface area contributed by atoms with Gasteiger partial charge in [0.05, 0.1) is 12.7 Å². The van der Waals surface area contributed by atoms with E-state index >= 15 is 0 Å². The monoisotopic (exact) mass is 425 g/mol. The Morgan fingerprint density at radius 2 is 1.86 bits per heavy atom. The molecule has 1 aliphatic rings. The zero-order valence-electron chi connectivity index (χ0n) is 11.3. The molecule has 3 nitrogen and oxygen atoms in total. The Labute approximate surface area is 138 Å². The number of likely N-dealkylation sites (tertiary alicyclic amines) is 1. The molecule has 1 fully saturated rings. The van der Waals surface area contributed by atoms with Crippen LogP contribution in [0.1, 0.15) is 23.2 Å². The molecule has 1 heterocycles. The standard InChI is InChI=1S/C14H15Br2F2NO2/c15-3-6-21-10-1-4-19(5-2-10)14(20)13-11(17)7-9(16)8-12(13)18/h7-8,10H,1-6H2. The van der Waals surface area contributed by atoms with Gasteiger partial charge in [-0.05, 0) is 25.0 Å². The average molecular weight is 427 g/mol. The lowest BCUT2D eigenvalue weighted by molar-refractivity contribution is 0.0157. The topological polar surface area (TPSA) is 29.5 Å². The molecule has 0 bridgehead atoms. The van der Waals surface area contributed by atoms with Gasteiger partial charge >= 0.3 is 0 Å². The first kappa shape index (κ1) is 16.8. The number of hydrogen-bond acceptors (Lipinski definition) is 2. The second kappa shape index (κ2) is 7.65. The van der Waals surface area contributed by atoms with Gasteiger partial charge in [-0.1, -0.05) is 31.9 Å². The summed E-state index contributed by atoms with van der Waals surface area (Å²) in [5.74, 6) is -2.29. The fourth-order valence-corrected chi connectivity index (χ4v) is 2.93. The Morgan fingerprint density at radius 3 is 2.38 bits per heavy atom. The first-order valence-corrected chi connectivity index (χ1v) is 8.55. The SMILES string of the molecule is O=C(c1c(F)cc(Br)cc1F)N1CCC(OCCBr)CC1. The average Bonchev–Trinajstić information content (AvgIpc) is 2.44. The Hall–Kier alpha value is -0.530. The number of alkyl halides is 1. The van der Waals surface area contributed by atoms with Crippen LogP contribution in [-0.2, 0) is 4.74 Å². The third kappa shape index (κ3) is 4.23. The van der Waals surface area contributed by atoms with Gasteiger partial charge in [0.1, 0.15) is 17.2 Å². The van der Waals surface area contributed by atoms with Crippen LogP contribution in [0.5, 0.6) is 0 Å². The second-order valence-corrected chi connectivity index (χ2v) is 6.50. The number of amides is 1. The van der Waals surface area contributed by atoms with Crippen LogP contribution in [0.4, 0.5) is 8.78 Å². The number of benzene rings is 1. The van der Waals surface area contributed by atoms with Crippen molar-refractivity contribution in [1.29, 1.82) is 0 Å². The number of rotatable bonds is 4. The molecule has 1 amide bonds. The molecule has 0 atom stereocenters. The number of halogens is 4. The van der Waals surface area contributed by atoms with Crippen LogP contribution >= 0.6 is 31.9 Å². The van der Waals surface area contributed by atoms with Crippen LogP contribution in [-0.4, -0.2) is 41.9 Å². The zero-order valence-corrected chi connectivity index (χ0v) is 14.4. The van der Waals surface area contributed by atoms with E-state index in [-0.39, 0.29) is 10.6 Å². The summed E-state index contributed by atoms with van der Waals surface area (Å²) >= 11 is 6.29. The van der Waals surface area contributed by atoms with E-state index in [0.29, 0.717) is 32.5 Å². The highest BCUT2D eigenvalue weighted by atomic mass is 79.9. The van der Waals surface area contributed by atoms with Crippen molar-refractivity contribution >= 4 is 37.8 Å². The minimum Gasteiger partial charge on any atom is -0.377 e. The molecular weight excluding hydrogens is 412 g/mol. The van der Waals surface area contributed by atoms with Gasteiger partial charge in [-0.25, -0.2) is 8.78 Å². The maximum Gasteiger partial charge on any atom is 0.259 e. The molecule has 1 saturated heterocycles. The molecule has 2 rings (SSSR count). The molecule has 0 saturated carbocycles. The molecular formula is C14H15Br2F2NO2. The van der Waals surface area contributed by atoms with E-state index < -0.39 is 23.1 Å². The first-order valence-electron chi connectivity index (χ1n) is 6.64. The quantitative estimate of drug-likeness (QED) is 0.686. The molecule has 21 heavy (non-hydrogen) atoms. The molecule has 1 aromatic rings. The maximum absolute atomic E-state index is 13.8. The molecule has 0 spiro atoms. The highest BCUT2D eigenvalue weighted by molar-refractivity contribution is 9.10. The van der Waals surface area contributed by atoms with Gasteiger partial charge < -0.3 is 9.64 Å². The lowest BCUT2D eigenvalue weighted by atomic mass is 10.1. The molecule has 0 aliphatic carbocycles. The summed E-state index contributed by atoms with van der Waals surface area (Å²) in [7, 11) is 0. The number of hydrogen-bond donors (Lipinski definition) is 0. The maximum atomic E-state index is 13.8. The molecule has 0 aromatic heterocycles. The van der Waals surface area contributed by atoms with Crippen molar-refractivity contribution in [1.82, 2.24) is 4.90 Å². The lowest BCUT2D eigenvalue weighted by Crippen LogP contribution is -2.41. The summed E-state index contributed by atoms with van der Waals surface area (Å²) in [5, 5.41) is 0.765.